The van der Waals surface area contributed by atoms with E-state index in [-0.39, 0.29) is 6.10 Å². The maximum atomic E-state index is 13.0. The van der Waals surface area contributed by atoms with E-state index in [1.807, 2.05) is 12.1 Å². The molecule has 0 unspecified atom stereocenters. The van der Waals surface area contributed by atoms with Crippen molar-refractivity contribution in [3.63, 3.8) is 0 Å². The van der Waals surface area contributed by atoms with Crippen LogP contribution in [0.3, 0.4) is 0 Å². The first-order chi connectivity index (χ1) is 16.9. The average molecular weight is 487 g/mol. The van der Waals surface area contributed by atoms with Gasteiger partial charge in [-0.1, -0.05) is 0 Å². The summed E-state index contributed by atoms with van der Waals surface area (Å²) in [5.41, 5.74) is 0.485. The Morgan fingerprint density at radius 2 is 1.63 bits per heavy atom. The van der Waals surface area contributed by atoms with Gasteiger partial charge >= 0.3 is 6.18 Å². The number of methoxy groups -OCH3 is 1. The molecule has 9 heteroatoms. The summed E-state index contributed by atoms with van der Waals surface area (Å²) in [5, 5.41) is 3.95. The van der Waals surface area contributed by atoms with Crippen molar-refractivity contribution in [3.05, 3.63) is 42.0 Å². The summed E-state index contributed by atoms with van der Waals surface area (Å²) in [6.07, 6.45) is 3.46. The zero-order chi connectivity index (χ0) is 24.4. The summed E-state index contributed by atoms with van der Waals surface area (Å²) >= 11 is 0. The van der Waals surface area contributed by atoms with Crippen molar-refractivity contribution in [1.29, 1.82) is 0 Å². The van der Waals surface area contributed by atoms with E-state index in [1.54, 1.807) is 7.11 Å². The van der Waals surface area contributed by atoms with Gasteiger partial charge in [0.05, 0.1) is 24.3 Å². The highest BCUT2D eigenvalue weighted by Crippen LogP contribution is 2.39. The van der Waals surface area contributed by atoms with Gasteiger partial charge in [-0.2, -0.15) is 18.2 Å². The first-order valence-electron chi connectivity index (χ1n) is 12.2. The number of benzene rings is 2. The number of anilines is 3. The Kier molecular flexibility index (Phi) is 6.58. The first-order valence-corrected chi connectivity index (χ1v) is 12.2. The van der Waals surface area contributed by atoms with Crippen LogP contribution in [0.4, 0.5) is 30.6 Å². The highest BCUT2D eigenvalue weighted by molar-refractivity contribution is 5.93. The molecule has 1 aliphatic heterocycles. The summed E-state index contributed by atoms with van der Waals surface area (Å²) in [6.45, 7) is 1.77. The molecular weight excluding hydrogens is 457 g/mol. The fourth-order valence-electron chi connectivity index (χ4n) is 4.83. The van der Waals surface area contributed by atoms with Crippen molar-refractivity contribution < 1.29 is 22.6 Å². The normalized spacial score (nSPS) is 17.1. The zero-order valence-corrected chi connectivity index (χ0v) is 19.7. The van der Waals surface area contributed by atoms with Crippen molar-refractivity contribution in [1.82, 2.24) is 9.97 Å². The molecule has 1 N–H and O–H groups in total. The van der Waals surface area contributed by atoms with Gasteiger partial charge in [0.2, 0.25) is 5.95 Å². The fourth-order valence-corrected chi connectivity index (χ4v) is 4.83. The topological polar surface area (TPSA) is 59.5 Å². The third-order valence-corrected chi connectivity index (χ3v) is 6.68. The summed E-state index contributed by atoms with van der Waals surface area (Å²) in [6, 6.07) is 8.70. The number of ether oxygens (including phenoxy) is 2. The molecule has 6 nitrogen and oxygen atoms in total. The molecule has 1 saturated heterocycles. The van der Waals surface area contributed by atoms with E-state index in [1.165, 1.54) is 18.6 Å². The number of aromatic nitrogens is 2. The predicted octanol–water partition coefficient (Wildman–Crippen LogP) is 6.71. The molecule has 0 spiro atoms. The lowest BCUT2D eigenvalue weighted by molar-refractivity contribution is -0.137. The fraction of sp³-hybridized carbons (Fsp3) is 0.462. The highest BCUT2D eigenvalue weighted by Gasteiger charge is 2.30. The summed E-state index contributed by atoms with van der Waals surface area (Å²) in [5.74, 6) is 2.41. The third-order valence-electron chi connectivity index (χ3n) is 6.68. The lowest BCUT2D eigenvalue weighted by atomic mass is 10.1. The number of nitrogens with zero attached hydrogens (tertiary/aromatic N) is 3. The van der Waals surface area contributed by atoms with Crippen LogP contribution in [0.15, 0.2) is 36.4 Å². The molecule has 1 aliphatic carbocycles. The molecule has 1 saturated carbocycles. The highest BCUT2D eigenvalue weighted by atomic mass is 19.4. The van der Waals surface area contributed by atoms with Crippen molar-refractivity contribution >= 4 is 28.4 Å². The number of hydrogen-bond donors (Lipinski definition) is 1. The maximum absolute atomic E-state index is 13.0. The Balaban J connectivity index is 1.54. The van der Waals surface area contributed by atoms with Gasteiger partial charge in [-0.15, -0.1) is 0 Å². The number of piperidine rings is 1. The van der Waals surface area contributed by atoms with Gasteiger partial charge in [-0.25, -0.2) is 4.98 Å². The van der Waals surface area contributed by atoms with Crippen LogP contribution < -0.4 is 19.7 Å². The minimum absolute atomic E-state index is 0.162. The summed E-state index contributed by atoms with van der Waals surface area (Å²) in [7, 11) is 1.63. The van der Waals surface area contributed by atoms with Crippen LogP contribution >= 0.6 is 0 Å². The number of halogens is 3. The largest absolute Gasteiger partial charge is 0.493 e. The van der Waals surface area contributed by atoms with Gasteiger partial charge in [0.25, 0.3) is 0 Å². The SMILES string of the molecule is COc1cc2c(N3CCCCC3)nc(Nc3ccc(C(F)(F)F)cc3)nc2cc1OC1CCCC1. The Labute approximate surface area is 202 Å². The lowest BCUT2D eigenvalue weighted by Gasteiger charge is -2.29. The van der Waals surface area contributed by atoms with Gasteiger partial charge < -0.3 is 19.7 Å². The Hall–Kier alpha value is -3.23. The van der Waals surface area contributed by atoms with Crippen molar-refractivity contribution in [2.24, 2.45) is 0 Å². The Bertz CT molecular complexity index is 1170. The van der Waals surface area contributed by atoms with Gasteiger partial charge in [0, 0.05) is 30.2 Å². The van der Waals surface area contributed by atoms with Gasteiger partial charge in [0.1, 0.15) is 5.82 Å². The molecule has 0 radical (unpaired) electrons. The summed E-state index contributed by atoms with van der Waals surface area (Å²) < 4.78 is 50.8. The molecule has 0 amide bonds. The molecule has 2 aromatic carbocycles. The second-order valence-corrected chi connectivity index (χ2v) is 9.16. The van der Waals surface area contributed by atoms with Crippen LogP contribution in [0.1, 0.15) is 50.5 Å². The third kappa shape index (κ3) is 5.23. The quantitative estimate of drug-likeness (QED) is 0.418. The first kappa shape index (κ1) is 23.5. The molecule has 3 aromatic rings. The predicted molar refractivity (Wildman–Crippen MR) is 130 cm³/mol. The summed E-state index contributed by atoms with van der Waals surface area (Å²) in [4.78, 5) is 11.7. The molecule has 0 bridgehead atoms. The molecule has 0 atom stereocenters. The molecule has 5 rings (SSSR count). The molecule has 2 fully saturated rings. The van der Waals surface area contributed by atoms with Gasteiger partial charge in [-0.3, -0.25) is 0 Å². The zero-order valence-electron chi connectivity index (χ0n) is 19.7. The smallest absolute Gasteiger partial charge is 0.416 e. The van der Waals surface area contributed by atoms with E-state index >= 15 is 0 Å². The maximum Gasteiger partial charge on any atom is 0.416 e. The van der Waals surface area contributed by atoms with E-state index in [2.05, 4.69) is 10.2 Å². The van der Waals surface area contributed by atoms with Crippen LogP contribution in [-0.4, -0.2) is 36.3 Å². The number of alkyl halides is 3. The molecular formula is C26H29F3N4O2. The molecule has 35 heavy (non-hydrogen) atoms. The van der Waals surface area contributed by atoms with Gasteiger partial charge in [0.15, 0.2) is 11.5 Å². The average Bonchev–Trinajstić information content (AvgIpc) is 3.36. The standard InChI is InChI=1S/C26H29F3N4O2/c1-34-22-15-20-21(16-23(22)35-19-7-3-4-8-19)31-25(32-24(20)33-13-5-2-6-14-33)30-18-11-9-17(10-12-18)26(27,28)29/h9-12,15-16,19H,2-8,13-14H2,1H3,(H,30,31,32). The molecule has 1 aromatic heterocycles. The van der Waals surface area contributed by atoms with Crippen LogP contribution in [0.5, 0.6) is 11.5 Å². The van der Waals surface area contributed by atoms with Crippen molar-refractivity contribution in [2.45, 2.75) is 57.2 Å². The minimum atomic E-state index is -4.38. The minimum Gasteiger partial charge on any atom is -0.493 e. The van der Waals surface area contributed by atoms with Crippen LogP contribution in [0.2, 0.25) is 0 Å². The monoisotopic (exact) mass is 486 g/mol. The van der Waals surface area contributed by atoms with Crippen LogP contribution in [-0.2, 0) is 6.18 Å². The van der Waals surface area contributed by atoms with Gasteiger partial charge in [-0.05, 0) is 75.3 Å². The molecule has 2 heterocycles. The van der Waals surface area contributed by atoms with E-state index in [4.69, 9.17) is 19.4 Å². The van der Waals surface area contributed by atoms with Crippen LogP contribution in [0.25, 0.3) is 10.9 Å². The Morgan fingerprint density at radius 1 is 0.914 bits per heavy atom. The van der Waals surface area contributed by atoms with E-state index in [0.717, 1.165) is 75.0 Å². The van der Waals surface area contributed by atoms with Crippen LogP contribution in [0, 0.1) is 0 Å². The van der Waals surface area contributed by atoms with E-state index in [9.17, 15) is 13.2 Å². The number of nitrogens with one attached hydrogen (secondary N) is 1. The number of hydrogen-bond acceptors (Lipinski definition) is 6. The lowest BCUT2D eigenvalue weighted by Crippen LogP contribution is -2.30. The second-order valence-electron chi connectivity index (χ2n) is 9.16. The Morgan fingerprint density at radius 3 is 2.29 bits per heavy atom. The van der Waals surface area contributed by atoms with Crippen molar-refractivity contribution in [3.8, 4) is 11.5 Å². The number of fused-ring (bicyclic) bond motifs is 1. The molecule has 186 valence electrons. The molecule has 2 aliphatic rings. The number of rotatable bonds is 6. The van der Waals surface area contributed by atoms with E-state index < -0.39 is 11.7 Å². The van der Waals surface area contributed by atoms with E-state index in [0.29, 0.717) is 28.7 Å². The second kappa shape index (κ2) is 9.79. The van der Waals surface area contributed by atoms with Crippen molar-refractivity contribution in [2.75, 3.05) is 30.4 Å².